The average molecular weight is 251 g/mol. The molecule has 0 saturated heterocycles. The molecule has 0 heterocycles. The van der Waals surface area contributed by atoms with Crippen molar-refractivity contribution in [2.45, 2.75) is 38.1 Å². The van der Waals surface area contributed by atoms with Gasteiger partial charge >= 0.3 is 0 Å². The number of rotatable bonds is 2. The van der Waals surface area contributed by atoms with E-state index in [0.717, 1.165) is 12.8 Å². The molecular weight excluding hydrogens is 230 g/mol. The number of hydrogen-bond donors (Lipinski definition) is 1. The fraction of sp³-hybridized carbons (Fsp3) is 0.333. The Balaban J connectivity index is 1.88. The molecule has 1 fully saturated rings. The predicted molar refractivity (Wildman–Crippen MR) is 80.9 cm³/mol. The van der Waals surface area contributed by atoms with Gasteiger partial charge in [0.1, 0.15) is 0 Å². The van der Waals surface area contributed by atoms with Gasteiger partial charge in [0.15, 0.2) is 0 Å². The van der Waals surface area contributed by atoms with Crippen molar-refractivity contribution in [2.24, 2.45) is 5.73 Å². The standard InChI is InChI=1S/C18H21N/c1-14-4-6-15(7-5-14)16-8-10-17(11-9-16)18(19)12-2-3-13-18/h4-11H,2-3,12-13,19H2,1H3. The van der Waals surface area contributed by atoms with Crippen LogP contribution in [-0.2, 0) is 5.54 Å². The smallest absolute Gasteiger partial charge is 0.0409 e. The SMILES string of the molecule is Cc1ccc(-c2ccc(C3(N)CCCC3)cc2)cc1. The Bertz CT molecular complexity index is 545. The highest BCUT2D eigenvalue weighted by Gasteiger charge is 2.30. The van der Waals surface area contributed by atoms with E-state index in [1.807, 2.05) is 0 Å². The Labute approximate surface area is 115 Å². The second kappa shape index (κ2) is 4.82. The molecule has 1 saturated carbocycles. The lowest BCUT2D eigenvalue weighted by atomic mass is 9.88. The van der Waals surface area contributed by atoms with Crippen molar-refractivity contribution in [2.75, 3.05) is 0 Å². The zero-order valence-electron chi connectivity index (χ0n) is 11.5. The summed E-state index contributed by atoms with van der Waals surface area (Å²) in [5.41, 5.74) is 11.5. The van der Waals surface area contributed by atoms with Gasteiger partial charge in [0.05, 0.1) is 0 Å². The summed E-state index contributed by atoms with van der Waals surface area (Å²) in [5.74, 6) is 0. The van der Waals surface area contributed by atoms with Crippen molar-refractivity contribution in [1.82, 2.24) is 0 Å². The Morgan fingerprint density at radius 2 is 1.26 bits per heavy atom. The van der Waals surface area contributed by atoms with Crippen LogP contribution in [-0.4, -0.2) is 0 Å². The molecule has 1 aliphatic rings. The molecule has 2 aromatic carbocycles. The lowest BCUT2D eigenvalue weighted by Gasteiger charge is -2.24. The first-order chi connectivity index (χ1) is 9.17. The topological polar surface area (TPSA) is 26.0 Å². The van der Waals surface area contributed by atoms with E-state index in [2.05, 4.69) is 55.5 Å². The minimum absolute atomic E-state index is 0.0776. The van der Waals surface area contributed by atoms with Crippen LogP contribution in [0.1, 0.15) is 36.8 Å². The summed E-state index contributed by atoms with van der Waals surface area (Å²) < 4.78 is 0. The molecule has 0 amide bonds. The molecule has 3 rings (SSSR count). The van der Waals surface area contributed by atoms with Gasteiger partial charge in [-0.3, -0.25) is 0 Å². The van der Waals surface area contributed by atoms with Gasteiger partial charge in [0.25, 0.3) is 0 Å². The van der Waals surface area contributed by atoms with Gasteiger partial charge in [-0.1, -0.05) is 66.9 Å². The van der Waals surface area contributed by atoms with Gasteiger partial charge in [-0.2, -0.15) is 0 Å². The molecular formula is C18H21N. The van der Waals surface area contributed by atoms with Crippen molar-refractivity contribution in [3.05, 3.63) is 59.7 Å². The van der Waals surface area contributed by atoms with E-state index in [-0.39, 0.29) is 5.54 Å². The molecule has 1 aliphatic carbocycles. The van der Waals surface area contributed by atoms with Crippen LogP contribution in [0.3, 0.4) is 0 Å². The van der Waals surface area contributed by atoms with Crippen molar-refractivity contribution in [1.29, 1.82) is 0 Å². The molecule has 0 aromatic heterocycles. The van der Waals surface area contributed by atoms with E-state index >= 15 is 0 Å². The molecule has 0 spiro atoms. The van der Waals surface area contributed by atoms with Crippen molar-refractivity contribution < 1.29 is 0 Å². The van der Waals surface area contributed by atoms with Crippen molar-refractivity contribution >= 4 is 0 Å². The van der Waals surface area contributed by atoms with Gasteiger partial charge in [-0.25, -0.2) is 0 Å². The summed E-state index contributed by atoms with van der Waals surface area (Å²) in [6.45, 7) is 2.12. The van der Waals surface area contributed by atoms with E-state index in [4.69, 9.17) is 5.73 Å². The lowest BCUT2D eigenvalue weighted by molar-refractivity contribution is 0.462. The van der Waals surface area contributed by atoms with Gasteiger partial charge in [0, 0.05) is 5.54 Å². The van der Waals surface area contributed by atoms with E-state index in [1.54, 1.807) is 0 Å². The van der Waals surface area contributed by atoms with Crippen molar-refractivity contribution in [3.63, 3.8) is 0 Å². The highest BCUT2D eigenvalue weighted by atomic mass is 14.8. The Morgan fingerprint density at radius 3 is 1.79 bits per heavy atom. The first-order valence-corrected chi connectivity index (χ1v) is 7.14. The van der Waals surface area contributed by atoms with Crippen LogP contribution in [0.25, 0.3) is 11.1 Å². The lowest BCUT2D eigenvalue weighted by Crippen LogP contribution is -2.32. The third-order valence-electron chi connectivity index (χ3n) is 4.34. The summed E-state index contributed by atoms with van der Waals surface area (Å²) in [5, 5.41) is 0. The minimum Gasteiger partial charge on any atom is -0.321 e. The maximum absolute atomic E-state index is 6.49. The molecule has 19 heavy (non-hydrogen) atoms. The Hall–Kier alpha value is -1.60. The second-order valence-corrected chi connectivity index (χ2v) is 5.81. The summed E-state index contributed by atoms with van der Waals surface area (Å²) in [4.78, 5) is 0. The minimum atomic E-state index is -0.0776. The molecule has 0 bridgehead atoms. The van der Waals surface area contributed by atoms with E-state index in [0.29, 0.717) is 0 Å². The van der Waals surface area contributed by atoms with Crippen LogP contribution in [0.4, 0.5) is 0 Å². The monoisotopic (exact) mass is 251 g/mol. The Kier molecular flexibility index (Phi) is 3.16. The van der Waals surface area contributed by atoms with Crippen molar-refractivity contribution in [3.8, 4) is 11.1 Å². The maximum Gasteiger partial charge on any atom is 0.0409 e. The van der Waals surface area contributed by atoms with Crippen LogP contribution in [0.5, 0.6) is 0 Å². The largest absolute Gasteiger partial charge is 0.321 e. The van der Waals surface area contributed by atoms with Gasteiger partial charge in [0.2, 0.25) is 0 Å². The molecule has 0 unspecified atom stereocenters. The van der Waals surface area contributed by atoms with Crippen LogP contribution in [0.15, 0.2) is 48.5 Å². The van der Waals surface area contributed by atoms with E-state index < -0.39 is 0 Å². The number of benzene rings is 2. The molecule has 1 nitrogen and oxygen atoms in total. The number of nitrogens with two attached hydrogens (primary N) is 1. The molecule has 0 atom stereocenters. The average Bonchev–Trinajstić information content (AvgIpc) is 2.88. The molecule has 2 aromatic rings. The molecule has 2 N–H and O–H groups in total. The van der Waals surface area contributed by atoms with Crippen LogP contribution in [0, 0.1) is 6.92 Å². The maximum atomic E-state index is 6.49. The third kappa shape index (κ3) is 2.43. The summed E-state index contributed by atoms with van der Waals surface area (Å²) in [7, 11) is 0. The normalized spacial score (nSPS) is 17.6. The number of aryl methyl sites for hydroxylation is 1. The zero-order valence-corrected chi connectivity index (χ0v) is 11.5. The first-order valence-electron chi connectivity index (χ1n) is 7.14. The van der Waals surface area contributed by atoms with Crippen LogP contribution < -0.4 is 5.73 Å². The second-order valence-electron chi connectivity index (χ2n) is 5.81. The fourth-order valence-electron chi connectivity index (χ4n) is 3.04. The molecule has 1 heteroatoms. The summed E-state index contributed by atoms with van der Waals surface area (Å²) in [6, 6.07) is 17.5. The molecule has 0 aliphatic heterocycles. The third-order valence-corrected chi connectivity index (χ3v) is 4.34. The quantitative estimate of drug-likeness (QED) is 0.841. The Morgan fingerprint density at radius 1 is 0.789 bits per heavy atom. The van der Waals surface area contributed by atoms with E-state index in [9.17, 15) is 0 Å². The zero-order chi connectivity index (χ0) is 13.3. The van der Waals surface area contributed by atoms with Gasteiger partial charge in [-0.05, 0) is 36.5 Å². The van der Waals surface area contributed by atoms with Gasteiger partial charge in [-0.15, -0.1) is 0 Å². The van der Waals surface area contributed by atoms with Crippen LogP contribution >= 0.6 is 0 Å². The van der Waals surface area contributed by atoms with Gasteiger partial charge < -0.3 is 5.73 Å². The molecule has 98 valence electrons. The number of hydrogen-bond acceptors (Lipinski definition) is 1. The fourth-order valence-corrected chi connectivity index (χ4v) is 3.04. The first kappa shape index (κ1) is 12.4. The predicted octanol–water partition coefficient (Wildman–Crippen LogP) is 4.39. The van der Waals surface area contributed by atoms with Crippen LogP contribution in [0.2, 0.25) is 0 Å². The summed E-state index contributed by atoms with van der Waals surface area (Å²) >= 11 is 0. The molecule has 0 radical (unpaired) electrons. The highest BCUT2D eigenvalue weighted by molar-refractivity contribution is 5.64. The highest BCUT2D eigenvalue weighted by Crippen LogP contribution is 2.36. The van der Waals surface area contributed by atoms with E-state index in [1.165, 1.54) is 35.1 Å². The summed E-state index contributed by atoms with van der Waals surface area (Å²) in [6.07, 6.45) is 4.76.